The molecule has 2 rings (SSSR count). The van der Waals surface area contributed by atoms with Crippen LogP contribution < -0.4 is 5.32 Å². The lowest BCUT2D eigenvalue weighted by molar-refractivity contribution is 0.324. The maximum absolute atomic E-state index is 13.0. The van der Waals surface area contributed by atoms with Gasteiger partial charge in [0.25, 0.3) is 0 Å². The van der Waals surface area contributed by atoms with Gasteiger partial charge in [-0.25, -0.2) is 4.39 Å². The third-order valence-corrected chi connectivity index (χ3v) is 2.96. The summed E-state index contributed by atoms with van der Waals surface area (Å²) in [7, 11) is 0. The van der Waals surface area contributed by atoms with Gasteiger partial charge in [0, 0.05) is 19.6 Å². The van der Waals surface area contributed by atoms with Gasteiger partial charge in [-0.15, -0.1) is 0 Å². The Kier molecular flexibility index (Phi) is 4.71. The molecule has 0 aliphatic carbocycles. The summed E-state index contributed by atoms with van der Waals surface area (Å²) >= 11 is 0. The molecule has 2 nitrogen and oxygen atoms in total. The maximum Gasteiger partial charge on any atom is 0.123 e. The minimum absolute atomic E-state index is 0.175. The fraction of sp³-hybridized carbons (Fsp3) is 0.429. The van der Waals surface area contributed by atoms with E-state index >= 15 is 0 Å². The SMILES string of the molecule is Fc1cccc(/C=C/CN2CCCNCC2)c1. The van der Waals surface area contributed by atoms with E-state index in [0.717, 1.165) is 38.3 Å². The van der Waals surface area contributed by atoms with Gasteiger partial charge in [-0.3, -0.25) is 4.90 Å². The second-order valence-electron chi connectivity index (χ2n) is 4.36. The van der Waals surface area contributed by atoms with E-state index in [4.69, 9.17) is 0 Å². The van der Waals surface area contributed by atoms with E-state index in [0.29, 0.717) is 0 Å². The Bertz CT molecular complexity index is 368. The van der Waals surface area contributed by atoms with Crippen molar-refractivity contribution in [2.45, 2.75) is 6.42 Å². The molecule has 0 saturated carbocycles. The Labute approximate surface area is 102 Å². The molecule has 0 unspecified atom stereocenters. The van der Waals surface area contributed by atoms with Crippen LogP contribution in [-0.2, 0) is 0 Å². The van der Waals surface area contributed by atoms with Crippen LogP contribution in [0.1, 0.15) is 12.0 Å². The smallest absolute Gasteiger partial charge is 0.123 e. The molecule has 1 aromatic carbocycles. The van der Waals surface area contributed by atoms with Gasteiger partial charge in [-0.05, 0) is 37.2 Å². The number of nitrogens with one attached hydrogen (secondary N) is 1. The van der Waals surface area contributed by atoms with Gasteiger partial charge in [-0.2, -0.15) is 0 Å². The summed E-state index contributed by atoms with van der Waals surface area (Å²) in [6.45, 7) is 5.35. The third kappa shape index (κ3) is 4.29. The fourth-order valence-electron chi connectivity index (χ4n) is 2.03. The molecule has 1 aliphatic rings. The fourth-order valence-corrected chi connectivity index (χ4v) is 2.03. The Morgan fingerprint density at radius 2 is 2.24 bits per heavy atom. The number of halogens is 1. The summed E-state index contributed by atoms with van der Waals surface area (Å²) in [5, 5.41) is 3.38. The third-order valence-electron chi connectivity index (χ3n) is 2.96. The second kappa shape index (κ2) is 6.52. The number of rotatable bonds is 3. The summed E-state index contributed by atoms with van der Waals surface area (Å²) < 4.78 is 13.0. The highest BCUT2D eigenvalue weighted by Crippen LogP contribution is 2.05. The van der Waals surface area contributed by atoms with Crippen LogP contribution in [0.4, 0.5) is 4.39 Å². The number of hydrogen-bond donors (Lipinski definition) is 1. The molecule has 0 aromatic heterocycles. The van der Waals surface area contributed by atoms with E-state index in [1.54, 1.807) is 12.1 Å². The average molecular weight is 234 g/mol. The highest BCUT2D eigenvalue weighted by atomic mass is 19.1. The van der Waals surface area contributed by atoms with Crippen molar-refractivity contribution in [3.05, 3.63) is 41.7 Å². The molecule has 0 bridgehead atoms. The van der Waals surface area contributed by atoms with E-state index in [1.165, 1.54) is 12.5 Å². The molecule has 1 aliphatic heterocycles. The van der Waals surface area contributed by atoms with Gasteiger partial charge in [0.1, 0.15) is 5.82 Å². The first kappa shape index (κ1) is 12.3. The van der Waals surface area contributed by atoms with Gasteiger partial charge in [0.15, 0.2) is 0 Å². The van der Waals surface area contributed by atoms with E-state index in [1.807, 2.05) is 12.1 Å². The van der Waals surface area contributed by atoms with Crippen LogP contribution in [0.3, 0.4) is 0 Å². The van der Waals surface area contributed by atoms with Crippen molar-refractivity contribution >= 4 is 6.08 Å². The molecule has 3 heteroatoms. The topological polar surface area (TPSA) is 15.3 Å². The Balaban J connectivity index is 1.84. The van der Waals surface area contributed by atoms with Crippen LogP contribution in [-0.4, -0.2) is 37.6 Å². The van der Waals surface area contributed by atoms with Gasteiger partial charge >= 0.3 is 0 Å². The molecule has 1 fully saturated rings. The van der Waals surface area contributed by atoms with E-state index < -0.39 is 0 Å². The summed E-state index contributed by atoms with van der Waals surface area (Å²) in [5.74, 6) is -0.175. The Morgan fingerprint density at radius 3 is 3.12 bits per heavy atom. The lowest BCUT2D eigenvalue weighted by Gasteiger charge is -2.16. The molecule has 0 amide bonds. The molecule has 0 radical (unpaired) electrons. The summed E-state index contributed by atoms with van der Waals surface area (Å²) in [5.41, 5.74) is 0.929. The van der Waals surface area contributed by atoms with Crippen LogP contribution >= 0.6 is 0 Å². The Morgan fingerprint density at radius 1 is 1.29 bits per heavy atom. The van der Waals surface area contributed by atoms with Crippen molar-refractivity contribution < 1.29 is 4.39 Å². The molecule has 0 spiro atoms. The van der Waals surface area contributed by atoms with Crippen molar-refractivity contribution in [2.24, 2.45) is 0 Å². The summed E-state index contributed by atoms with van der Waals surface area (Å²) in [6, 6.07) is 6.69. The largest absolute Gasteiger partial charge is 0.315 e. The van der Waals surface area contributed by atoms with Crippen molar-refractivity contribution in [3.8, 4) is 0 Å². The molecular weight excluding hydrogens is 215 g/mol. The van der Waals surface area contributed by atoms with Crippen LogP contribution in [0, 0.1) is 5.82 Å². The van der Waals surface area contributed by atoms with Crippen molar-refractivity contribution in [1.29, 1.82) is 0 Å². The van der Waals surface area contributed by atoms with Gasteiger partial charge < -0.3 is 5.32 Å². The molecule has 1 saturated heterocycles. The molecule has 1 heterocycles. The van der Waals surface area contributed by atoms with Crippen LogP contribution in [0.5, 0.6) is 0 Å². The van der Waals surface area contributed by atoms with Gasteiger partial charge in [0.05, 0.1) is 0 Å². The van der Waals surface area contributed by atoms with E-state index in [9.17, 15) is 4.39 Å². The predicted octanol–water partition coefficient (Wildman–Crippen LogP) is 2.13. The molecule has 1 N–H and O–H groups in total. The lowest BCUT2D eigenvalue weighted by atomic mass is 10.2. The number of nitrogens with zero attached hydrogens (tertiary/aromatic N) is 1. The standard InChI is InChI=1S/C14H19FN2/c15-14-6-1-4-13(12-14)5-2-9-17-10-3-7-16-8-11-17/h1-2,4-6,12,16H,3,7-11H2/b5-2+. The zero-order valence-corrected chi connectivity index (χ0v) is 10.0. The van der Waals surface area contributed by atoms with Gasteiger partial charge in [0.2, 0.25) is 0 Å². The zero-order valence-electron chi connectivity index (χ0n) is 10.0. The maximum atomic E-state index is 13.0. The monoisotopic (exact) mass is 234 g/mol. The van der Waals surface area contributed by atoms with Crippen molar-refractivity contribution in [3.63, 3.8) is 0 Å². The van der Waals surface area contributed by atoms with Crippen LogP contribution in [0.25, 0.3) is 6.08 Å². The minimum atomic E-state index is -0.175. The molecule has 1 aromatic rings. The summed E-state index contributed by atoms with van der Waals surface area (Å²) in [4.78, 5) is 2.41. The van der Waals surface area contributed by atoms with Crippen LogP contribution in [0.15, 0.2) is 30.3 Å². The van der Waals surface area contributed by atoms with Gasteiger partial charge in [-0.1, -0.05) is 24.3 Å². The number of hydrogen-bond acceptors (Lipinski definition) is 2. The highest BCUT2D eigenvalue weighted by molar-refractivity contribution is 5.49. The van der Waals surface area contributed by atoms with E-state index in [-0.39, 0.29) is 5.82 Å². The average Bonchev–Trinajstić information content (AvgIpc) is 2.58. The lowest BCUT2D eigenvalue weighted by Crippen LogP contribution is -2.28. The minimum Gasteiger partial charge on any atom is -0.315 e. The zero-order chi connectivity index (χ0) is 11.9. The van der Waals surface area contributed by atoms with E-state index in [2.05, 4.69) is 16.3 Å². The second-order valence-corrected chi connectivity index (χ2v) is 4.36. The Hall–Kier alpha value is -1.19. The van der Waals surface area contributed by atoms with Crippen molar-refractivity contribution in [2.75, 3.05) is 32.7 Å². The number of benzene rings is 1. The molecular formula is C14H19FN2. The summed E-state index contributed by atoms with van der Waals surface area (Å²) in [6.07, 6.45) is 5.30. The first-order chi connectivity index (χ1) is 8.34. The molecule has 0 atom stereocenters. The quantitative estimate of drug-likeness (QED) is 0.862. The first-order valence-corrected chi connectivity index (χ1v) is 6.20. The normalized spacial score (nSPS) is 18.4. The van der Waals surface area contributed by atoms with Crippen LogP contribution in [0.2, 0.25) is 0 Å². The molecule has 92 valence electrons. The first-order valence-electron chi connectivity index (χ1n) is 6.20. The predicted molar refractivity (Wildman–Crippen MR) is 69.4 cm³/mol. The molecule has 17 heavy (non-hydrogen) atoms. The van der Waals surface area contributed by atoms with Crippen molar-refractivity contribution in [1.82, 2.24) is 10.2 Å². The highest BCUT2D eigenvalue weighted by Gasteiger charge is 2.05.